The SMILES string of the molecule is Cc1cccc(Nc2nc3c(c(=O)n(C)c(=O)n3C)n2CC(=O)OCc2ccccc2)c1. The molecule has 0 aliphatic carbocycles. The number of carbonyl (C=O) groups is 1. The monoisotopic (exact) mass is 433 g/mol. The van der Waals surface area contributed by atoms with Gasteiger partial charge in [0.05, 0.1) is 0 Å². The van der Waals surface area contributed by atoms with Crippen molar-refractivity contribution in [1.82, 2.24) is 18.7 Å². The van der Waals surface area contributed by atoms with E-state index in [1.165, 1.54) is 23.2 Å². The third kappa shape index (κ3) is 4.04. The van der Waals surface area contributed by atoms with Gasteiger partial charge >= 0.3 is 11.7 Å². The molecule has 0 aliphatic heterocycles. The molecular weight excluding hydrogens is 410 g/mol. The number of fused-ring (bicyclic) bond motifs is 1. The first-order valence-electron chi connectivity index (χ1n) is 10.0. The number of carbonyl (C=O) groups excluding carboxylic acids is 1. The van der Waals surface area contributed by atoms with E-state index in [0.717, 1.165) is 21.4 Å². The molecule has 0 unspecified atom stereocenters. The van der Waals surface area contributed by atoms with Crippen molar-refractivity contribution >= 4 is 28.8 Å². The summed E-state index contributed by atoms with van der Waals surface area (Å²) in [5.41, 5.74) is 1.91. The number of benzene rings is 2. The Labute approximate surface area is 183 Å². The molecule has 0 amide bonds. The van der Waals surface area contributed by atoms with Crippen LogP contribution in [0.5, 0.6) is 0 Å². The van der Waals surface area contributed by atoms with E-state index in [2.05, 4.69) is 10.3 Å². The fourth-order valence-corrected chi connectivity index (χ4v) is 3.46. The first kappa shape index (κ1) is 21.1. The Morgan fingerprint density at radius 3 is 2.50 bits per heavy atom. The van der Waals surface area contributed by atoms with Crippen LogP contribution < -0.4 is 16.6 Å². The molecule has 0 aliphatic rings. The summed E-state index contributed by atoms with van der Waals surface area (Å²) in [6.07, 6.45) is 0. The van der Waals surface area contributed by atoms with Gasteiger partial charge in [-0.25, -0.2) is 4.79 Å². The van der Waals surface area contributed by atoms with Crippen LogP contribution >= 0.6 is 0 Å². The fourth-order valence-electron chi connectivity index (χ4n) is 3.46. The molecule has 4 rings (SSSR count). The van der Waals surface area contributed by atoms with Gasteiger partial charge in [-0.15, -0.1) is 0 Å². The van der Waals surface area contributed by atoms with Gasteiger partial charge in [0.2, 0.25) is 5.95 Å². The number of aromatic nitrogens is 4. The fraction of sp³-hybridized carbons (Fsp3) is 0.217. The lowest BCUT2D eigenvalue weighted by Gasteiger charge is -2.11. The molecular formula is C23H23N5O4. The van der Waals surface area contributed by atoms with E-state index in [0.29, 0.717) is 0 Å². The van der Waals surface area contributed by atoms with Crippen LogP contribution in [0.3, 0.4) is 0 Å². The van der Waals surface area contributed by atoms with Crippen molar-refractivity contribution < 1.29 is 9.53 Å². The van der Waals surface area contributed by atoms with Crippen molar-refractivity contribution in [3.63, 3.8) is 0 Å². The first-order chi connectivity index (χ1) is 15.3. The Balaban J connectivity index is 1.75. The number of ether oxygens (including phenoxy) is 1. The smallest absolute Gasteiger partial charge is 0.332 e. The number of nitrogens with one attached hydrogen (secondary N) is 1. The normalized spacial score (nSPS) is 11.0. The zero-order chi connectivity index (χ0) is 22.8. The highest BCUT2D eigenvalue weighted by Crippen LogP contribution is 2.21. The van der Waals surface area contributed by atoms with Gasteiger partial charge in [0, 0.05) is 19.8 Å². The maximum atomic E-state index is 12.9. The van der Waals surface area contributed by atoms with Gasteiger partial charge in [0.25, 0.3) is 5.56 Å². The molecule has 2 heterocycles. The summed E-state index contributed by atoms with van der Waals surface area (Å²) in [7, 11) is 2.93. The van der Waals surface area contributed by atoms with Gasteiger partial charge in [0.1, 0.15) is 13.2 Å². The van der Waals surface area contributed by atoms with Crippen molar-refractivity contribution in [2.75, 3.05) is 5.32 Å². The molecule has 9 heteroatoms. The molecule has 0 fully saturated rings. The Bertz CT molecular complexity index is 1420. The van der Waals surface area contributed by atoms with Crippen LogP contribution in [0, 0.1) is 6.92 Å². The summed E-state index contributed by atoms with van der Waals surface area (Å²) >= 11 is 0. The number of hydrogen-bond donors (Lipinski definition) is 1. The molecule has 2 aromatic carbocycles. The van der Waals surface area contributed by atoms with E-state index < -0.39 is 17.2 Å². The maximum Gasteiger partial charge on any atom is 0.332 e. The molecule has 1 N–H and O–H groups in total. The highest BCUT2D eigenvalue weighted by molar-refractivity contribution is 5.79. The Hall–Kier alpha value is -4.14. The second-order valence-corrected chi connectivity index (χ2v) is 7.54. The summed E-state index contributed by atoms with van der Waals surface area (Å²) in [6, 6.07) is 16.9. The topological polar surface area (TPSA) is 100 Å². The number of nitrogens with zero attached hydrogens (tertiary/aromatic N) is 4. The second kappa shape index (κ2) is 8.54. The quantitative estimate of drug-likeness (QED) is 0.468. The number of anilines is 2. The molecule has 0 atom stereocenters. The number of aryl methyl sites for hydroxylation is 2. The van der Waals surface area contributed by atoms with Crippen molar-refractivity contribution in [3.05, 3.63) is 86.6 Å². The van der Waals surface area contributed by atoms with Crippen LogP contribution in [-0.4, -0.2) is 24.7 Å². The Morgan fingerprint density at radius 1 is 1.03 bits per heavy atom. The average Bonchev–Trinajstić information content (AvgIpc) is 3.13. The number of imidazole rings is 1. The van der Waals surface area contributed by atoms with Gasteiger partial charge in [-0.05, 0) is 30.2 Å². The maximum absolute atomic E-state index is 12.9. The van der Waals surface area contributed by atoms with Crippen LogP contribution in [0.2, 0.25) is 0 Å². The predicted molar refractivity (Wildman–Crippen MR) is 121 cm³/mol. The molecule has 32 heavy (non-hydrogen) atoms. The highest BCUT2D eigenvalue weighted by Gasteiger charge is 2.21. The van der Waals surface area contributed by atoms with Crippen LogP contribution in [0.15, 0.2) is 64.2 Å². The summed E-state index contributed by atoms with van der Waals surface area (Å²) in [6.45, 7) is 1.82. The molecule has 0 bridgehead atoms. The van der Waals surface area contributed by atoms with Gasteiger partial charge in [-0.3, -0.25) is 23.3 Å². The Kier molecular flexibility index (Phi) is 5.63. The largest absolute Gasteiger partial charge is 0.459 e. The molecule has 164 valence electrons. The molecule has 0 saturated heterocycles. The molecule has 0 spiro atoms. The van der Waals surface area contributed by atoms with Crippen molar-refractivity contribution in [3.8, 4) is 0 Å². The summed E-state index contributed by atoms with van der Waals surface area (Å²) in [4.78, 5) is 42.4. The van der Waals surface area contributed by atoms with Crippen molar-refractivity contribution in [1.29, 1.82) is 0 Å². The molecule has 0 radical (unpaired) electrons. The number of rotatable bonds is 6. The lowest BCUT2D eigenvalue weighted by molar-refractivity contribution is -0.145. The second-order valence-electron chi connectivity index (χ2n) is 7.54. The molecule has 4 aromatic rings. The van der Waals surface area contributed by atoms with Gasteiger partial charge in [-0.2, -0.15) is 4.98 Å². The summed E-state index contributed by atoms with van der Waals surface area (Å²) in [5.74, 6) is -0.267. The minimum atomic E-state index is -0.538. The Morgan fingerprint density at radius 2 is 1.78 bits per heavy atom. The molecule has 2 aromatic heterocycles. The number of hydrogen-bond acceptors (Lipinski definition) is 6. The van der Waals surface area contributed by atoms with E-state index in [1.807, 2.05) is 61.5 Å². The van der Waals surface area contributed by atoms with Crippen LogP contribution in [0.1, 0.15) is 11.1 Å². The standard InChI is InChI=1S/C23H23N5O4/c1-15-8-7-11-17(12-15)24-22-25-20-19(21(30)27(3)23(31)26(20)2)28(22)13-18(29)32-14-16-9-5-4-6-10-16/h4-12H,13-14H2,1-3H3,(H,24,25). The van der Waals surface area contributed by atoms with E-state index in [9.17, 15) is 14.4 Å². The number of esters is 1. The third-order valence-electron chi connectivity index (χ3n) is 5.15. The minimum Gasteiger partial charge on any atom is -0.459 e. The zero-order valence-electron chi connectivity index (χ0n) is 18.0. The molecule has 9 nitrogen and oxygen atoms in total. The van der Waals surface area contributed by atoms with E-state index in [1.54, 1.807) is 0 Å². The van der Waals surface area contributed by atoms with Crippen LogP contribution in [0.25, 0.3) is 11.2 Å². The van der Waals surface area contributed by atoms with Crippen LogP contribution in [0.4, 0.5) is 11.6 Å². The van der Waals surface area contributed by atoms with Crippen molar-refractivity contribution in [2.45, 2.75) is 20.1 Å². The predicted octanol–water partition coefficient (Wildman–Crippen LogP) is 2.23. The first-order valence-corrected chi connectivity index (χ1v) is 10.0. The lowest BCUT2D eigenvalue weighted by atomic mass is 10.2. The van der Waals surface area contributed by atoms with Gasteiger partial charge in [0.15, 0.2) is 11.2 Å². The third-order valence-corrected chi connectivity index (χ3v) is 5.15. The lowest BCUT2D eigenvalue weighted by Crippen LogP contribution is -2.37. The van der Waals surface area contributed by atoms with E-state index in [-0.39, 0.29) is 30.3 Å². The highest BCUT2D eigenvalue weighted by atomic mass is 16.5. The van der Waals surface area contributed by atoms with Gasteiger partial charge < -0.3 is 10.1 Å². The average molecular weight is 433 g/mol. The summed E-state index contributed by atoms with van der Waals surface area (Å²) in [5, 5.41) is 3.16. The molecule has 0 saturated carbocycles. The minimum absolute atomic E-state index is 0.115. The van der Waals surface area contributed by atoms with Crippen molar-refractivity contribution in [2.24, 2.45) is 14.1 Å². The van der Waals surface area contributed by atoms with E-state index in [4.69, 9.17) is 4.74 Å². The van der Waals surface area contributed by atoms with Crippen LogP contribution in [-0.2, 0) is 36.8 Å². The summed E-state index contributed by atoms with van der Waals surface area (Å²) < 4.78 is 9.13. The zero-order valence-corrected chi connectivity index (χ0v) is 18.0. The van der Waals surface area contributed by atoms with E-state index >= 15 is 0 Å². The van der Waals surface area contributed by atoms with Gasteiger partial charge in [-0.1, -0.05) is 42.5 Å².